The fourth-order valence-corrected chi connectivity index (χ4v) is 2.24. The molecule has 2 rings (SSSR count). The summed E-state index contributed by atoms with van der Waals surface area (Å²) in [7, 11) is 0. The number of aryl methyl sites for hydroxylation is 2. The normalized spacial score (nSPS) is 10.4. The summed E-state index contributed by atoms with van der Waals surface area (Å²) in [5.41, 5.74) is 1.68. The molecule has 1 amide bonds. The summed E-state index contributed by atoms with van der Waals surface area (Å²) >= 11 is 3.37. The molecule has 5 heteroatoms. The molecule has 0 aliphatic rings. The molecule has 100 valence electrons. The van der Waals surface area contributed by atoms with Gasteiger partial charge in [0.25, 0.3) is 5.91 Å². The number of rotatable bonds is 5. The number of halogens is 1. The Morgan fingerprint density at radius 3 is 2.84 bits per heavy atom. The number of hydrogen-bond acceptors (Lipinski definition) is 2. The molecule has 0 spiro atoms. The number of amides is 1. The SMILES string of the molecule is Cc1ccn(CCCNC(=O)c2ccccc2Br)n1. The minimum atomic E-state index is -0.0517. The van der Waals surface area contributed by atoms with Crippen LogP contribution in [0.4, 0.5) is 0 Å². The van der Waals surface area contributed by atoms with Crippen molar-refractivity contribution in [3.05, 3.63) is 52.3 Å². The number of nitrogens with zero attached hydrogens (tertiary/aromatic N) is 2. The molecule has 4 nitrogen and oxygen atoms in total. The van der Waals surface area contributed by atoms with Crippen LogP contribution in [0.2, 0.25) is 0 Å². The first kappa shape index (κ1) is 13.8. The number of aromatic nitrogens is 2. The fourth-order valence-electron chi connectivity index (χ4n) is 1.77. The van der Waals surface area contributed by atoms with Gasteiger partial charge in [-0.2, -0.15) is 5.10 Å². The molecule has 1 heterocycles. The molecule has 1 aromatic carbocycles. The second-order valence-electron chi connectivity index (χ2n) is 4.31. The van der Waals surface area contributed by atoms with E-state index in [1.807, 2.05) is 42.1 Å². The van der Waals surface area contributed by atoms with E-state index in [0.717, 1.165) is 23.1 Å². The summed E-state index contributed by atoms with van der Waals surface area (Å²) in [6.45, 7) is 3.41. The van der Waals surface area contributed by atoms with Gasteiger partial charge in [-0.3, -0.25) is 9.48 Å². The van der Waals surface area contributed by atoms with Crippen molar-refractivity contribution in [2.75, 3.05) is 6.54 Å². The first-order chi connectivity index (χ1) is 9.16. The maximum absolute atomic E-state index is 11.9. The van der Waals surface area contributed by atoms with Crippen LogP contribution in [0.15, 0.2) is 41.0 Å². The largest absolute Gasteiger partial charge is 0.352 e. The van der Waals surface area contributed by atoms with E-state index in [0.29, 0.717) is 12.1 Å². The molecular formula is C14H16BrN3O. The van der Waals surface area contributed by atoms with Gasteiger partial charge in [0.2, 0.25) is 0 Å². The summed E-state index contributed by atoms with van der Waals surface area (Å²) < 4.78 is 2.70. The summed E-state index contributed by atoms with van der Waals surface area (Å²) in [5.74, 6) is -0.0517. The highest BCUT2D eigenvalue weighted by Gasteiger charge is 2.07. The number of carbonyl (C=O) groups excluding carboxylic acids is 1. The maximum atomic E-state index is 11.9. The van der Waals surface area contributed by atoms with E-state index in [-0.39, 0.29) is 5.91 Å². The van der Waals surface area contributed by atoms with E-state index in [4.69, 9.17) is 0 Å². The third kappa shape index (κ3) is 3.92. The lowest BCUT2D eigenvalue weighted by Crippen LogP contribution is -2.25. The van der Waals surface area contributed by atoms with E-state index in [9.17, 15) is 4.79 Å². The minimum Gasteiger partial charge on any atom is -0.352 e. The monoisotopic (exact) mass is 321 g/mol. The molecule has 0 aliphatic heterocycles. The molecule has 0 fully saturated rings. The molecule has 0 aliphatic carbocycles. The van der Waals surface area contributed by atoms with Crippen LogP contribution in [0.1, 0.15) is 22.5 Å². The van der Waals surface area contributed by atoms with Gasteiger partial charge >= 0.3 is 0 Å². The van der Waals surface area contributed by atoms with Crippen LogP contribution in [-0.2, 0) is 6.54 Å². The quantitative estimate of drug-likeness (QED) is 0.861. The third-order valence-corrected chi connectivity index (χ3v) is 3.43. The summed E-state index contributed by atoms with van der Waals surface area (Å²) in [5, 5.41) is 7.20. The highest BCUT2D eigenvalue weighted by molar-refractivity contribution is 9.10. The van der Waals surface area contributed by atoms with Gasteiger partial charge in [-0.25, -0.2) is 0 Å². The molecule has 19 heavy (non-hydrogen) atoms. The lowest BCUT2D eigenvalue weighted by atomic mass is 10.2. The van der Waals surface area contributed by atoms with Crippen LogP contribution in [0.5, 0.6) is 0 Å². The third-order valence-electron chi connectivity index (χ3n) is 2.74. The molecule has 1 aromatic heterocycles. The van der Waals surface area contributed by atoms with Crippen molar-refractivity contribution in [1.82, 2.24) is 15.1 Å². The molecule has 2 aromatic rings. The highest BCUT2D eigenvalue weighted by Crippen LogP contribution is 2.15. The number of carbonyl (C=O) groups is 1. The second kappa shape index (κ2) is 6.52. The second-order valence-corrected chi connectivity index (χ2v) is 5.16. The van der Waals surface area contributed by atoms with Crippen LogP contribution in [0.3, 0.4) is 0 Å². The first-order valence-corrected chi connectivity index (χ1v) is 6.99. The van der Waals surface area contributed by atoms with Gasteiger partial charge in [-0.05, 0) is 47.5 Å². The molecule has 1 N–H and O–H groups in total. The van der Waals surface area contributed by atoms with Crippen LogP contribution < -0.4 is 5.32 Å². The van der Waals surface area contributed by atoms with Crippen molar-refractivity contribution in [3.63, 3.8) is 0 Å². The van der Waals surface area contributed by atoms with Gasteiger partial charge in [-0.1, -0.05) is 12.1 Å². The van der Waals surface area contributed by atoms with Gasteiger partial charge in [-0.15, -0.1) is 0 Å². The lowest BCUT2D eigenvalue weighted by Gasteiger charge is -2.06. The van der Waals surface area contributed by atoms with Gasteiger partial charge in [0.1, 0.15) is 0 Å². The molecule has 0 saturated carbocycles. The van der Waals surface area contributed by atoms with Gasteiger partial charge in [0.15, 0.2) is 0 Å². The van der Waals surface area contributed by atoms with Crippen molar-refractivity contribution < 1.29 is 4.79 Å². The van der Waals surface area contributed by atoms with Crippen LogP contribution in [-0.4, -0.2) is 22.2 Å². The van der Waals surface area contributed by atoms with E-state index in [1.165, 1.54) is 0 Å². The number of nitrogens with one attached hydrogen (secondary N) is 1. The van der Waals surface area contributed by atoms with E-state index in [2.05, 4.69) is 26.3 Å². The molecular weight excluding hydrogens is 306 g/mol. The summed E-state index contributed by atoms with van der Waals surface area (Å²) in [6, 6.07) is 9.38. The molecule has 0 saturated heterocycles. The van der Waals surface area contributed by atoms with Crippen molar-refractivity contribution in [2.24, 2.45) is 0 Å². The Balaban J connectivity index is 1.77. The zero-order chi connectivity index (χ0) is 13.7. The van der Waals surface area contributed by atoms with Gasteiger partial charge in [0.05, 0.1) is 11.3 Å². The molecule has 0 atom stereocenters. The smallest absolute Gasteiger partial charge is 0.252 e. The van der Waals surface area contributed by atoms with E-state index < -0.39 is 0 Å². The van der Waals surface area contributed by atoms with Crippen LogP contribution in [0.25, 0.3) is 0 Å². The average molecular weight is 322 g/mol. The standard InChI is InChI=1S/C14H16BrN3O/c1-11-7-10-18(17-11)9-4-8-16-14(19)12-5-2-3-6-13(12)15/h2-3,5-7,10H,4,8-9H2,1H3,(H,16,19). The molecule has 0 bridgehead atoms. The summed E-state index contributed by atoms with van der Waals surface area (Å²) in [6.07, 6.45) is 2.81. The van der Waals surface area contributed by atoms with Crippen molar-refractivity contribution >= 4 is 21.8 Å². The maximum Gasteiger partial charge on any atom is 0.252 e. The Bertz CT molecular complexity index is 565. The van der Waals surface area contributed by atoms with Crippen LogP contribution in [0, 0.1) is 6.92 Å². The zero-order valence-electron chi connectivity index (χ0n) is 10.8. The average Bonchev–Trinajstić information content (AvgIpc) is 2.81. The topological polar surface area (TPSA) is 46.9 Å². The molecule has 0 radical (unpaired) electrons. The van der Waals surface area contributed by atoms with Crippen LogP contribution >= 0.6 is 15.9 Å². The fraction of sp³-hybridized carbons (Fsp3) is 0.286. The lowest BCUT2D eigenvalue weighted by molar-refractivity contribution is 0.0952. The highest BCUT2D eigenvalue weighted by atomic mass is 79.9. The first-order valence-electron chi connectivity index (χ1n) is 6.19. The Morgan fingerprint density at radius 1 is 1.37 bits per heavy atom. The van der Waals surface area contributed by atoms with Crippen molar-refractivity contribution in [3.8, 4) is 0 Å². The van der Waals surface area contributed by atoms with Gasteiger partial charge in [0, 0.05) is 23.8 Å². The zero-order valence-corrected chi connectivity index (χ0v) is 12.4. The Labute approximate surface area is 120 Å². The van der Waals surface area contributed by atoms with Gasteiger partial charge < -0.3 is 5.32 Å². The Hall–Kier alpha value is -1.62. The summed E-state index contributed by atoms with van der Waals surface area (Å²) in [4.78, 5) is 11.9. The Morgan fingerprint density at radius 2 is 2.16 bits per heavy atom. The van der Waals surface area contributed by atoms with Crippen molar-refractivity contribution in [1.29, 1.82) is 0 Å². The predicted octanol–water partition coefficient (Wildman–Crippen LogP) is 2.77. The van der Waals surface area contributed by atoms with E-state index in [1.54, 1.807) is 6.07 Å². The van der Waals surface area contributed by atoms with E-state index >= 15 is 0 Å². The Kier molecular flexibility index (Phi) is 4.74. The van der Waals surface area contributed by atoms with Crippen molar-refractivity contribution in [2.45, 2.75) is 19.9 Å². The minimum absolute atomic E-state index is 0.0517. The number of hydrogen-bond donors (Lipinski definition) is 1. The predicted molar refractivity (Wildman–Crippen MR) is 78.1 cm³/mol. The molecule has 0 unspecified atom stereocenters. The number of benzene rings is 1.